The molecule has 3 aliphatic carbocycles. The van der Waals surface area contributed by atoms with Gasteiger partial charge in [-0.1, -0.05) is 47.0 Å². The smallest absolute Gasteiger partial charge is 0.331 e. The minimum atomic E-state index is -1.42. The summed E-state index contributed by atoms with van der Waals surface area (Å²) in [4.78, 5) is 24.2. The minimum Gasteiger partial charge on any atom is -0.462 e. The average molecular weight is 549 g/mol. The van der Waals surface area contributed by atoms with Crippen LogP contribution in [0.25, 0.3) is 0 Å². The number of fused-ring (bicyclic) bond motifs is 1. The van der Waals surface area contributed by atoms with Crippen molar-refractivity contribution in [3.8, 4) is 0 Å². The molecule has 0 spiro atoms. The highest BCUT2D eigenvalue weighted by molar-refractivity contribution is 5.85. The maximum atomic E-state index is 13.0. The van der Waals surface area contributed by atoms with Gasteiger partial charge in [0.25, 0.3) is 0 Å². The van der Waals surface area contributed by atoms with E-state index in [-0.39, 0.29) is 35.8 Å². The lowest BCUT2D eigenvalue weighted by Crippen LogP contribution is -2.77. The van der Waals surface area contributed by atoms with E-state index in [0.29, 0.717) is 43.9 Å². The van der Waals surface area contributed by atoms with Crippen molar-refractivity contribution >= 4 is 11.9 Å². The fourth-order valence-corrected chi connectivity index (χ4v) is 9.36. The highest BCUT2D eigenvalue weighted by atomic mass is 16.5. The number of carbonyl (C=O) groups is 2. The zero-order valence-electron chi connectivity index (χ0n) is 24.8. The summed E-state index contributed by atoms with van der Waals surface area (Å²) in [6, 6.07) is 0. The molecule has 3 N–H and O–H groups in total. The highest BCUT2D eigenvalue weighted by Gasteiger charge is 2.74. The molecule has 222 valence electrons. The number of aliphatic hydroxyl groups is 3. The summed E-state index contributed by atoms with van der Waals surface area (Å²) < 4.78 is 11.2. The van der Waals surface area contributed by atoms with Gasteiger partial charge in [0.2, 0.25) is 0 Å². The van der Waals surface area contributed by atoms with Crippen molar-refractivity contribution in [3.63, 3.8) is 0 Å². The lowest BCUT2D eigenvalue weighted by Gasteiger charge is -2.70. The molecule has 1 aliphatic heterocycles. The van der Waals surface area contributed by atoms with Gasteiger partial charge in [-0.2, -0.15) is 0 Å². The summed E-state index contributed by atoms with van der Waals surface area (Å²) in [5, 5.41) is 37.4. The van der Waals surface area contributed by atoms with E-state index in [1.54, 1.807) is 0 Å². The monoisotopic (exact) mass is 548 g/mol. The Kier molecular flexibility index (Phi) is 9.24. The van der Waals surface area contributed by atoms with Gasteiger partial charge >= 0.3 is 11.9 Å². The van der Waals surface area contributed by atoms with Crippen molar-refractivity contribution in [3.05, 3.63) is 11.6 Å². The molecule has 4 rings (SSSR count). The molecule has 0 saturated heterocycles. The molecule has 0 aromatic rings. The number of cyclic esters (lactones) is 1. The van der Waals surface area contributed by atoms with Crippen LogP contribution in [0, 0.1) is 34.5 Å². The van der Waals surface area contributed by atoms with Crippen molar-refractivity contribution in [2.75, 3.05) is 6.61 Å². The predicted molar refractivity (Wildman–Crippen MR) is 148 cm³/mol. The van der Waals surface area contributed by atoms with E-state index in [9.17, 15) is 24.9 Å². The first kappa shape index (κ1) is 30.5. The molecule has 0 radical (unpaired) electrons. The summed E-state index contributed by atoms with van der Waals surface area (Å²) in [5.41, 5.74) is -2.18. The molecule has 4 aliphatic rings. The third-order valence-electron chi connectivity index (χ3n) is 11.2. The van der Waals surface area contributed by atoms with Crippen LogP contribution in [-0.4, -0.2) is 57.8 Å². The van der Waals surface area contributed by atoms with Gasteiger partial charge in [-0.25, -0.2) is 4.79 Å². The molecule has 3 saturated carbocycles. The number of esters is 2. The summed E-state index contributed by atoms with van der Waals surface area (Å²) in [6.07, 6.45) is 8.48. The number of rotatable bonds is 9. The Labute approximate surface area is 234 Å². The second-order valence-electron chi connectivity index (χ2n) is 13.9. The second-order valence-corrected chi connectivity index (χ2v) is 13.9. The molecule has 0 aromatic carbocycles. The molecular weight excluding hydrogens is 496 g/mol. The van der Waals surface area contributed by atoms with Crippen molar-refractivity contribution in [2.24, 2.45) is 34.5 Å². The molecule has 7 heteroatoms. The average Bonchev–Trinajstić information content (AvgIpc) is 3.31. The topological polar surface area (TPSA) is 113 Å². The predicted octanol–water partition coefficient (Wildman–Crippen LogP) is 5.09. The third kappa shape index (κ3) is 5.44. The zero-order chi connectivity index (χ0) is 28.6. The lowest BCUT2D eigenvalue weighted by atomic mass is 9.37. The van der Waals surface area contributed by atoms with Crippen LogP contribution < -0.4 is 0 Å². The van der Waals surface area contributed by atoms with Crippen LogP contribution in [0.2, 0.25) is 0 Å². The molecule has 0 bridgehead atoms. The molecule has 7 nitrogen and oxygen atoms in total. The van der Waals surface area contributed by atoms with Gasteiger partial charge in [-0.15, -0.1) is 0 Å². The molecule has 3 fully saturated rings. The number of carbonyl (C=O) groups excluding carboxylic acids is 2. The number of hydrogen-bond donors (Lipinski definition) is 3. The summed E-state index contributed by atoms with van der Waals surface area (Å²) in [5.74, 6) is -0.727. The summed E-state index contributed by atoms with van der Waals surface area (Å²) in [6.45, 7) is 10.1. The zero-order valence-corrected chi connectivity index (χ0v) is 24.8. The van der Waals surface area contributed by atoms with E-state index >= 15 is 0 Å². The van der Waals surface area contributed by atoms with E-state index in [4.69, 9.17) is 9.47 Å². The first-order valence-electron chi connectivity index (χ1n) is 15.5. The van der Waals surface area contributed by atoms with Crippen LogP contribution in [0.15, 0.2) is 11.6 Å². The lowest BCUT2D eigenvalue weighted by molar-refractivity contribution is -0.327. The Bertz CT molecular complexity index is 923. The van der Waals surface area contributed by atoms with Crippen LogP contribution in [0.1, 0.15) is 112 Å². The molecule has 0 aromatic heterocycles. The van der Waals surface area contributed by atoms with Gasteiger partial charge < -0.3 is 24.8 Å². The molecule has 39 heavy (non-hydrogen) atoms. The SMILES string of the molecule is CC(=O)OC1CC(C)C(O)(CCC2=CC(=O)OC2)C2(C(O)CCC(C)C)C(O)CCC(C)(C3CCCCC3)C12. The van der Waals surface area contributed by atoms with Crippen molar-refractivity contribution in [1.82, 2.24) is 0 Å². The third-order valence-corrected chi connectivity index (χ3v) is 11.2. The fourth-order valence-electron chi connectivity index (χ4n) is 9.36. The van der Waals surface area contributed by atoms with E-state index in [0.717, 1.165) is 44.1 Å². The largest absolute Gasteiger partial charge is 0.462 e. The molecular formula is C32H52O7. The van der Waals surface area contributed by atoms with Crippen molar-refractivity contribution in [1.29, 1.82) is 0 Å². The molecule has 1 heterocycles. The van der Waals surface area contributed by atoms with Crippen LogP contribution in [0.4, 0.5) is 0 Å². The van der Waals surface area contributed by atoms with Gasteiger partial charge in [-0.05, 0) is 86.5 Å². The van der Waals surface area contributed by atoms with Crippen LogP contribution in [0.5, 0.6) is 0 Å². The van der Waals surface area contributed by atoms with E-state index < -0.39 is 29.3 Å². The van der Waals surface area contributed by atoms with E-state index in [1.807, 2.05) is 6.92 Å². The Morgan fingerprint density at radius 3 is 2.46 bits per heavy atom. The number of ether oxygens (including phenoxy) is 2. The summed E-state index contributed by atoms with van der Waals surface area (Å²) in [7, 11) is 0. The van der Waals surface area contributed by atoms with Crippen LogP contribution in [-0.2, 0) is 19.1 Å². The maximum Gasteiger partial charge on any atom is 0.331 e. The maximum absolute atomic E-state index is 13.0. The van der Waals surface area contributed by atoms with Gasteiger partial charge in [0.15, 0.2) is 0 Å². The minimum absolute atomic E-state index is 0.216. The van der Waals surface area contributed by atoms with E-state index in [1.165, 1.54) is 19.4 Å². The molecule has 8 unspecified atom stereocenters. The van der Waals surface area contributed by atoms with Gasteiger partial charge in [0, 0.05) is 18.9 Å². The molecule has 8 atom stereocenters. The Morgan fingerprint density at radius 1 is 1.18 bits per heavy atom. The van der Waals surface area contributed by atoms with Gasteiger partial charge in [0.05, 0.1) is 23.2 Å². The normalized spacial score (nSPS) is 40.1. The Morgan fingerprint density at radius 2 is 1.87 bits per heavy atom. The van der Waals surface area contributed by atoms with Crippen LogP contribution in [0.3, 0.4) is 0 Å². The first-order valence-corrected chi connectivity index (χ1v) is 15.5. The first-order chi connectivity index (χ1) is 18.4. The second kappa shape index (κ2) is 11.8. The quantitative estimate of drug-likeness (QED) is 0.344. The highest BCUT2D eigenvalue weighted by Crippen LogP contribution is 2.69. The number of hydrogen-bond acceptors (Lipinski definition) is 7. The van der Waals surface area contributed by atoms with Crippen molar-refractivity contribution < 1.29 is 34.4 Å². The van der Waals surface area contributed by atoms with Gasteiger partial charge in [0.1, 0.15) is 12.7 Å². The number of aliphatic hydroxyl groups excluding tert-OH is 2. The van der Waals surface area contributed by atoms with Crippen LogP contribution >= 0.6 is 0 Å². The van der Waals surface area contributed by atoms with Gasteiger partial charge in [-0.3, -0.25) is 4.79 Å². The Balaban J connectivity index is 1.88. The van der Waals surface area contributed by atoms with E-state index in [2.05, 4.69) is 20.8 Å². The standard InChI is InChI=1S/C32H52O7/c1-20(2)11-12-26(34)32-27(35)14-15-30(5,24-9-7-6-8-10-24)29(32)25(39-22(4)33)17-21(3)31(32,37)16-13-23-18-28(36)38-19-23/h18,20-21,24-27,29,34-35,37H,6-17,19H2,1-5H3. The fraction of sp³-hybridized carbons (Fsp3) is 0.875. The Hall–Kier alpha value is -1.44. The van der Waals surface area contributed by atoms with Crippen molar-refractivity contribution in [2.45, 2.75) is 136 Å². The molecule has 0 amide bonds. The summed E-state index contributed by atoms with van der Waals surface area (Å²) >= 11 is 0.